The topological polar surface area (TPSA) is 64.8 Å². The van der Waals surface area contributed by atoms with Gasteiger partial charge in [0.15, 0.2) is 29.0 Å². The van der Waals surface area contributed by atoms with Crippen LogP contribution in [-0.4, -0.2) is 29.3 Å². The maximum atomic E-state index is 13.5. The number of halogens is 3. The summed E-state index contributed by atoms with van der Waals surface area (Å²) in [5.74, 6) is -3.40. The first kappa shape index (κ1) is 17.2. The Kier molecular flexibility index (Phi) is 5.14. The van der Waals surface area contributed by atoms with E-state index in [0.717, 1.165) is 38.1 Å². The number of aromatic nitrogens is 2. The van der Waals surface area contributed by atoms with Crippen molar-refractivity contribution >= 4 is 5.82 Å². The van der Waals surface area contributed by atoms with Crippen LogP contribution in [0.1, 0.15) is 24.1 Å². The summed E-state index contributed by atoms with van der Waals surface area (Å²) in [7, 11) is 0. The van der Waals surface area contributed by atoms with Gasteiger partial charge in [0.1, 0.15) is 6.07 Å². The molecule has 0 bridgehead atoms. The Bertz CT molecular complexity index is 759. The SMILES string of the molecule is N#Cc1ccc(N(Cc2cc(F)c(F)c(F)c2)C2CCNCC2)nn1. The van der Waals surface area contributed by atoms with Gasteiger partial charge >= 0.3 is 0 Å². The first-order chi connectivity index (χ1) is 12.1. The van der Waals surface area contributed by atoms with Gasteiger partial charge in [-0.05, 0) is 55.8 Å². The molecule has 8 heteroatoms. The fourth-order valence-electron chi connectivity index (χ4n) is 2.95. The van der Waals surface area contributed by atoms with Crippen molar-refractivity contribution in [3.63, 3.8) is 0 Å². The molecule has 1 saturated heterocycles. The van der Waals surface area contributed by atoms with Gasteiger partial charge in [0.05, 0.1) is 0 Å². The second-order valence-corrected chi connectivity index (χ2v) is 5.87. The lowest BCUT2D eigenvalue weighted by atomic mass is 10.0. The number of rotatable bonds is 4. The minimum Gasteiger partial charge on any atom is -0.348 e. The third kappa shape index (κ3) is 3.88. The number of benzene rings is 1. The average Bonchev–Trinajstić information content (AvgIpc) is 2.65. The molecule has 1 N–H and O–H groups in total. The molecule has 0 aliphatic carbocycles. The second kappa shape index (κ2) is 7.49. The van der Waals surface area contributed by atoms with Crippen molar-refractivity contribution in [2.75, 3.05) is 18.0 Å². The van der Waals surface area contributed by atoms with Crippen molar-refractivity contribution in [2.24, 2.45) is 0 Å². The molecule has 1 aliphatic rings. The highest BCUT2D eigenvalue weighted by Gasteiger charge is 2.24. The highest BCUT2D eigenvalue weighted by molar-refractivity contribution is 5.42. The molecule has 1 fully saturated rings. The van der Waals surface area contributed by atoms with E-state index in [9.17, 15) is 13.2 Å². The number of hydrogen-bond donors (Lipinski definition) is 1. The van der Waals surface area contributed by atoms with Gasteiger partial charge in [-0.2, -0.15) is 5.26 Å². The summed E-state index contributed by atoms with van der Waals surface area (Å²) in [6, 6.07) is 7.18. The van der Waals surface area contributed by atoms with E-state index in [4.69, 9.17) is 5.26 Å². The van der Waals surface area contributed by atoms with Crippen LogP contribution in [0.2, 0.25) is 0 Å². The first-order valence-electron chi connectivity index (χ1n) is 7.93. The first-order valence-corrected chi connectivity index (χ1v) is 7.93. The third-order valence-electron chi connectivity index (χ3n) is 4.21. The van der Waals surface area contributed by atoms with Crippen LogP contribution >= 0.6 is 0 Å². The molecule has 25 heavy (non-hydrogen) atoms. The fraction of sp³-hybridized carbons (Fsp3) is 0.353. The molecule has 0 spiro atoms. The standard InChI is InChI=1S/C17H16F3N5/c18-14-7-11(8-15(19)17(14)20)10-25(13-3-5-22-6-4-13)16-2-1-12(9-21)23-24-16/h1-2,7-8,13,22H,3-6,10H2. The largest absolute Gasteiger partial charge is 0.348 e. The predicted molar refractivity (Wildman–Crippen MR) is 85.1 cm³/mol. The average molecular weight is 347 g/mol. The van der Waals surface area contributed by atoms with Crippen LogP contribution in [0.4, 0.5) is 19.0 Å². The van der Waals surface area contributed by atoms with Crippen molar-refractivity contribution in [2.45, 2.75) is 25.4 Å². The minimum absolute atomic E-state index is 0.0969. The summed E-state index contributed by atoms with van der Waals surface area (Å²) >= 11 is 0. The Hall–Kier alpha value is -2.66. The van der Waals surface area contributed by atoms with Crippen LogP contribution in [0.3, 0.4) is 0 Å². The predicted octanol–water partition coefficient (Wildman–Crippen LogP) is 2.52. The molecule has 5 nitrogen and oxygen atoms in total. The van der Waals surface area contributed by atoms with Gasteiger partial charge in [-0.3, -0.25) is 0 Å². The molecular weight excluding hydrogens is 331 g/mol. The van der Waals surface area contributed by atoms with Crippen molar-refractivity contribution in [3.05, 3.63) is 53.0 Å². The molecule has 0 amide bonds. The zero-order valence-electron chi connectivity index (χ0n) is 13.3. The highest BCUT2D eigenvalue weighted by Crippen LogP contribution is 2.23. The molecule has 130 valence electrons. The number of nitrogens with zero attached hydrogens (tertiary/aromatic N) is 4. The number of hydrogen-bond acceptors (Lipinski definition) is 5. The highest BCUT2D eigenvalue weighted by atomic mass is 19.2. The molecule has 0 radical (unpaired) electrons. The Morgan fingerprint density at radius 2 is 1.80 bits per heavy atom. The summed E-state index contributed by atoms with van der Waals surface area (Å²) in [6.45, 7) is 1.80. The fourth-order valence-corrected chi connectivity index (χ4v) is 2.95. The summed E-state index contributed by atoms with van der Waals surface area (Å²) in [6.07, 6.45) is 1.65. The van der Waals surface area contributed by atoms with Gasteiger partial charge in [-0.25, -0.2) is 13.2 Å². The minimum atomic E-state index is -1.48. The van der Waals surface area contributed by atoms with Crippen LogP contribution in [0.25, 0.3) is 0 Å². The normalized spacial score (nSPS) is 15.0. The molecule has 2 heterocycles. The molecule has 1 aromatic heterocycles. The number of nitriles is 1. The Labute approximate surface area is 143 Å². The van der Waals surface area contributed by atoms with Gasteiger partial charge in [-0.15, -0.1) is 10.2 Å². The molecular formula is C17H16F3N5. The number of nitrogens with one attached hydrogen (secondary N) is 1. The molecule has 1 aromatic carbocycles. The molecule has 0 atom stereocenters. The van der Waals surface area contributed by atoms with E-state index in [2.05, 4.69) is 15.5 Å². The van der Waals surface area contributed by atoms with Crippen molar-refractivity contribution in [3.8, 4) is 6.07 Å². The lowest BCUT2D eigenvalue weighted by Gasteiger charge is -2.35. The van der Waals surface area contributed by atoms with E-state index >= 15 is 0 Å². The zero-order chi connectivity index (χ0) is 17.8. The van der Waals surface area contributed by atoms with Gasteiger partial charge in [0.2, 0.25) is 0 Å². The van der Waals surface area contributed by atoms with E-state index in [0.29, 0.717) is 11.4 Å². The van der Waals surface area contributed by atoms with Crippen LogP contribution < -0.4 is 10.2 Å². The Balaban J connectivity index is 1.91. The van der Waals surface area contributed by atoms with Crippen LogP contribution in [0, 0.1) is 28.8 Å². The van der Waals surface area contributed by atoms with Gasteiger partial charge in [0, 0.05) is 12.6 Å². The smallest absolute Gasteiger partial charge is 0.194 e. The maximum absolute atomic E-state index is 13.5. The Morgan fingerprint density at radius 3 is 2.36 bits per heavy atom. The van der Waals surface area contributed by atoms with Gasteiger partial charge in [-0.1, -0.05) is 0 Å². The molecule has 1 aliphatic heterocycles. The van der Waals surface area contributed by atoms with Crippen LogP contribution in [-0.2, 0) is 6.54 Å². The molecule has 0 saturated carbocycles. The third-order valence-corrected chi connectivity index (χ3v) is 4.21. The quantitative estimate of drug-likeness (QED) is 0.861. The summed E-state index contributed by atoms with van der Waals surface area (Å²) in [5.41, 5.74) is 0.494. The van der Waals surface area contributed by atoms with E-state index in [1.54, 1.807) is 12.1 Å². The van der Waals surface area contributed by atoms with E-state index in [1.165, 1.54) is 0 Å². The van der Waals surface area contributed by atoms with Crippen molar-refractivity contribution in [1.29, 1.82) is 5.26 Å². The number of anilines is 1. The second-order valence-electron chi connectivity index (χ2n) is 5.87. The van der Waals surface area contributed by atoms with E-state index in [1.807, 2.05) is 11.0 Å². The summed E-state index contributed by atoms with van der Waals surface area (Å²) in [5, 5.41) is 20.0. The van der Waals surface area contributed by atoms with Crippen LogP contribution in [0.5, 0.6) is 0 Å². The lowest BCUT2D eigenvalue weighted by Crippen LogP contribution is -2.43. The Morgan fingerprint density at radius 1 is 1.12 bits per heavy atom. The van der Waals surface area contributed by atoms with Crippen LogP contribution in [0.15, 0.2) is 24.3 Å². The maximum Gasteiger partial charge on any atom is 0.194 e. The lowest BCUT2D eigenvalue weighted by molar-refractivity contribution is 0.421. The van der Waals surface area contributed by atoms with Gasteiger partial charge < -0.3 is 10.2 Å². The van der Waals surface area contributed by atoms with Gasteiger partial charge in [0.25, 0.3) is 0 Å². The monoisotopic (exact) mass is 347 g/mol. The van der Waals surface area contributed by atoms with Crippen molar-refractivity contribution < 1.29 is 13.2 Å². The van der Waals surface area contributed by atoms with E-state index < -0.39 is 17.5 Å². The van der Waals surface area contributed by atoms with E-state index in [-0.39, 0.29) is 18.3 Å². The summed E-state index contributed by atoms with van der Waals surface area (Å²) in [4.78, 5) is 1.89. The molecule has 3 rings (SSSR count). The molecule has 0 unspecified atom stereocenters. The zero-order valence-corrected chi connectivity index (χ0v) is 13.3. The molecule has 2 aromatic rings. The number of piperidine rings is 1. The van der Waals surface area contributed by atoms with Crippen molar-refractivity contribution in [1.82, 2.24) is 15.5 Å². The summed E-state index contributed by atoms with van der Waals surface area (Å²) < 4.78 is 40.2.